The van der Waals surface area contributed by atoms with Crippen LogP contribution < -0.4 is 5.32 Å². The Morgan fingerprint density at radius 2 is 2.00 bits per heavy atom. The van der Waals surface area contributed by atoms with Crippen LogP contribution in [0.25, 0.3) is 0 Å². The van der Waals surface area contributed by atoms with Crippen molar-refractivity contribution in [1.82, 2.24) is 10.3 Å². The maximum Gasteiger partial charge on any atom is 0.131 e. The van der Waals surface area contributed by atoms with Gasteiger partial charge in [0.15, 0.2) is 0 Å². The summed E-state index contributed by atoms with van der Waals surface area (Å²) in [6, 6.07) is 3.54. The van der Waals surface area contributed by atoms with E-state index in [4.69, 9.17) is 0 Å². The summed E-state index contributed by atoms with van der Waals surface area (Å²) < 4.78 is 27.1. The van der Waals surface area contributed by atoms with E-state index >= 15 is 0 Å². The first-order chi connectivity index (χ1) is 9.42. The maximum atomic E-state index is 13.6. The predicted octanol–water partition coefficient (Wildman–Crippen LogP) is 2.98. The summed E-state index contributed by atoms with van der Waals surface area (Å²) in [7, 11) is 0. The lowest BCUT2D eigenvalue weighted by Gasteiger charge is -2.26. The van der Waals surface area contributed by atoms with E-state index in [9.17, 15) is 13.9 Å². The molecule has 2 rings (SSSR count). The van der Waals surface area contributed by atoms with Gasteiger partial charge in [0, 0.05) is 18.1 Å². The van der Waals surface area contributed by atoms with E-state index in [-0.39, 0.29) is 12.1 Å². The van der Waals surface area contributed by atoms with Crippen LogP contribution in [0.4, 0.5) is 8.78 Å². The molecule has 0 bridgehead atoms. The Kier molecular flexibility index (Phi) is 4.47. The summed E-state index contributed by atoms with van der Waals surface area (Å²) in [6.45, 7) is 3.83. The molecule has 0 aliphatic heterocycles. The van der Waals surface area contributed by atoms with Crippen molar-refractivity contribution in [2.45, 2.75) is 25.5 Å². The number of hydrogen-bond donors (Lipinski definition) is 2. The van der Waals surface area contributed by atoms with Gasteiger partial charge in [-0.25, -0.2) is 13.8 Å². The number of nitrogens with one attached hydrogen (secondary N) is 1. The number of halogens is 2. The van der Waals surface area contributed by atoms with Crippen molar-refractivity contribution in [2.24, 2.45) is 0 Å². The minimum absolute atomic E-state index is 0.0322. The second-order valence-corrected chi connectivity index (χ2v) is 5.89. The minimum atomic E-state index is -1.25. The number of aliphatic hydroxyl groups is 1. The average molecular weight is 298 g/mol. The second-order valence-electron chi connectivity index (χ2n) is 4.99. The third kappa shape index (κ3) is 3.20. The Balaban J connectivity index is 2.07. The number of hydrogen-bond acceptors (Lipinski definition) is 4. The van der Waals surface area contributed by atoms with E-state index in [2.05, 4.69) is 10.3 Å². The molecule has 3 nitrogen and oxygen atoms in total. The van der Waals surface area contributed by atoms with E-state index in [1.807, 2.05) is 19.2 Å². The highest BCUT2D eigenvalue weighted by atomic mass is 32.1. The van der Waals surface area contributed by atoms with Gasteiger partial charge in [-0.3, -0.25) is 0 Å². The van der Waals surface area contributed by atoms with Crippen LogP contribution in [0, 0.1) is 11.6 Å². The van der Waals surface area contributed by atoms with Gasteiger partial charge in [0.1, 0.15) is 16.6 Å². The molecule has 0 radical (unpaired) electrons. The van der Waals surface area contributed by atoms with Gasteiger partial charge < -0.3 is 10.4 Å². The Labute approximate surface area is 120 Å². The lowest BCUT2D eigenvalue weighted by atomic mass is 10.0. The molecule has 1 unspecified atom stereocenters. The lowest BCUT2D eigenvalue weighted by Crippen LogP contribution is -2.39. The number of thiazole rings is 1. The maximum absolute atomic E-state index is 13.6. The molecule has 0 aliphatic carbocycles. The van der Waals surface area contributed by atoms with Crippen molar-refractivity contribution >= 4 is 11.3 Å². The largest absolute Gasteiger partial charge is 0.387 e. The Morgan fingerprint density at radius 3 is 2.55 bits per heavy atom. The van der Waals surface area contributed by atoms with Gasteiger partial charge in [0.2, 0.25) is 0 Å². The average Bonchev–Trinajstić information content (AvgIpc) is 2.91. The fraction of sp³-hybridized carbons (Fsp3) is 0.357. The summed E-state index contributed by atoms with van der Waals surface area (Å²) in [5.74, 6) is -1.49. The fourth-order valence-electron chi connectivity index (χ4n) is 1.89. The van der Waals surface area contributed by atoms with Crippen molar-refractivity contribution in [2.75, 3.05) is 6.54 Å². The normalized spacial score (nSPS) is 13.4. The van der Waals surface area contributed by atoms with Crippen molar-refractivity contribution in [3.63, 3.8) is 0 Å². The number of aromatic nitrogens is 1. The standard InChI is InChI=1S/C14H16F2N2OS/c1-14(2,13-17-6-7-20-13)18-8-11(19)12-9(15)4-3-5-10(12)16/h3-7,11,18-19H,8H2,1-2H3. The van der Waals surface area contributed by atoms with Gasteiger partial charge in [0.25, 0.3) is 0 Å². The molecule has 1 atom stereocenters. The Bertz CT molecular complexity index is 552. The van der Waals surface area contributed by atoms with Gasteiger partial charge in [-0.05, 0) is 26.0 Å². The molecule has 2 aromatic rings. The molecule has 0 saturated heterocycles. The van der Waals surface area contributed by atoms with Gasteiger partial charge in [-0.1, -0.05) is 6.07 Å². The van der Waals surface area contributed by atoms with Crippen LogP contribution in [-0.2, 0) is 5.54 Å². The van der Waals surface area contributed by atoms with Crippen molar-refractivity contribution in [3.8, 4) is 0 Å². The summed E-state index contributed by atoms with van der Waals surface area (Å²) in [5, 5.41) is 15.8. The number of benzene rings is 1. The third-order valence-electron chi connectivity index (χ3n) is 3.04. The monoisotopic (exact) mass is 298 g/mol. The molecule has 2 N–H and O–H groups in total. The molecule has 1 aromatic carbocycles. The van der Waals surface area contributed by atoms with Crippen molar-refractivity contribution < 1.29 is 13.9 Å². The van der Waals surface area contributed by atoms with Crippen LogP contribution in [0.5, 0.6) is 0 Å². The van der Waals surface area contributed by atoms with Crippen LogP contribution in [-0.4, -0.2) is 16.6 Å². The molecule has 20 heavy (non-hydrogen) atoms. The molecular weight excluding hydrogens is 282 g/mol. The number of rotatable bonds is 5. The van der Waals surface area contributed by atoms with Crippen LogP contribution in [0.1, 0.15) is 30.5 Å². The SMILES string of the molecule is CC(C)(NCC(O)c1c(F)cccc1F)c1nccs1. The highest BCUT2D eigenvalue weighted by molar-refractivity contribution is 7.09. The van der Waals surface area contributed by atoms with Gasteiger partial charge in [0.05, 0.1) is 17.2 Å². The molecule has 0 saturated carbocycles. The quantitative estimate of drug-likeness (QED) is 0.892. The topological polar surface area (TPSA) is 45.1 Å². The molecular formula is C14H16F2N2OS. The summed E-state index contributed by atoms with van der Waals surface area (Å²) in [4.78, 5) is 4.20. The van der Waals surface area contributed by atoms with Crippen LogP contribution in [0.2, 0.25) is 0 Å². The minimum Gasteiger partial charge on any atom is -0.387 e. The van der Waals surface area contributed by atoms with Crippen LogP contribution in [0.15, 0.2) is 29.8 Å². The molecule has 0 fully saturated rings. The molecule has 108 valence electrons. The zero-order chi connectivity index (χ0) is 14.8. The van der Waals surface area contributed by atoms with E-state index in [0.717, 1.165) is 17.1 Å². The van der Waals surface area contributed by atoms with Gasteiger partial charge >= 0.3 is 0 Å². The van der Waals surface area contributed by atoms with E-state index in [1.54, 1.807) is 6.20 Å². The van der Waals surface area contributed by atoms with Gasteiger partial charge in [-0.2, -0.15) is 0 Å². The first kappa shape index (κ1) is 15.0. The number of aliphatic hydroxyl groups excluding tert-OH is 1. The first-order valence-electron chi connectivity index (χ1n) is 6.19. The number of nitrogens with zero attached hydrogens (tertiary/aromatic N) is 1. The zero-order valence-corrected chi connectivity index (χ0v) is 12.0. The second kappa shape index (κ2) is 5.95. The molecule has 1 heterocycles. The highest BCUT2D eigenvalue weighted by Gasteiger charge is 2.25. The van der Waals surface area contributed by atoms with E-state index < -0.39 is 23.3 Å². The summed E-state index contributed by atoms with van der Waals surface area (Å²) in [6.07, 6.45) is 0.437. The van der Waals surface area contributed by atoms with Crippen molar-refractivity contribution in [1.29, 1.82) is 0 Å². The molecule has 6 heteroatoms. The summed E-state index contributed by atoms with van der Waals surface area (Å²) in [5.41, 5.74) is -0.786. The molecule has 0 spiro atoms. The van der Waals surface area contributed by atoms with E-state index in [0.29, 0.717) is 0 Å². The zero-order valence-electron chi connectivity index (χ0n) is 11.2. The Hall–Kier alpha value is -1.37. The Morgan fingerprint density at radius 1 is 1.35 bits per heavy atom. The smallest absolute Gasteiger partial charge is 0.131 e. The molecule has 1 aromatic heterocycles. The van der Waals surface area contributed by atoms with Crippen LogP contribution in [0.3, 0.4) is 0 Å². The first-order valence-corrected chi connectivity index (χ1v) is 7.07. The lowest BCUT2D eigenvalue weighted by molar-refractivity contribution is 0.152. The van der Waals surface area contributed by atoms with Crippen molar-refractivity contribution in [3.05, 3.63) is 52.0 Å². The van der Waals surface area contributed by atoms with Gasteiger partial charge in [-0.15, -0.1) is 11.3 Å². The predicted molar refractivity (Wildman–Crippen MR) is 74.5 cm³/mol. The third-order valence-corrected chi connectivity index (χ3v) is 4.13. The fourth-order valence-corrected chi connectivity index (χ4v) is 2.63. The summed E-state index contributed by atoms with van der Waals surface area (Å²) >= 11 is 1.48. The van der Waals surface area contributed by atoms with E-state index in [1.165, 1.54) is 17.4 Å². The molecule has 0 amide bonds. The molecule has 0 aliphatic rings. The van der Waals surface area contributed by atoms with Crippen LogP contribution >= 0.6 is 11.3 Å². The highest BCUT2D eigenvalue weighted by Crippen LogP contribution is 2.24.